The minimum Gasteiger partial charge on any atom is -0.444 e. The molecule has 0 aliphatic carbocycles. The molecule has 0 aliphatic heterocycles. The lowest BCUT2D eigenvalue weighted by molar-refractivity contribution is -0.137. The number of carbonyl (C=O) groups excluding carboxylic acids is 1. The summed E-state index contributed by atoms with van der Waals surface area (Å²) >= 11 is 0. The molecule has 4 rings (SSSR count). The van der Waals surface area contributed by atoms with Crippen LogP contribution in [0.3, 0.4) is 0 Å². The van der Waals surface area contributed by atoms with Crippen LogP contribution in [0, 0.1) is 0 Å². The van der Waals surface area contributed by atoms with Gasteiger partial charge in [0.1, 0.15) is 6.61 Å². The van der Waals surface area contributed by atoms with Crippen LogP contribution in [0.15, 0.2) is 78.9 Å². The van der Waals surface area contributed by atoms with Gasteiger partial charge >= 0.3 is 12.3 Å². The highest BCUT2D eigenvalue weighted by Gasteiger charge is 2.31. The molecule has 0 radical (unpaired) electrons. The number of imidazole rings is 1. The number of para-hydroxylation sites is 2. The predicted molar refractivity (Wildman–Crippen MR) is 102 cm³/mol. The summed E-state index contributed by atoms with van der Waals surface area (Å²) in [6.45, 7) is 0.0359. The van der Waals surface area contributed by atoms with Crippen LogP contribution in [0.5, 0.6) is 0 Å². The van der Waals surface area contributed by atoms with E-state index in [9.17, 15) is 18.0 Å². The number of fused-ring (bicyclic) bond motifs is 1. The monoisotopic (exact) mass is 396 g/mol. The number of nitrogens with zero attached hydrogens (tertiary/aromatic N) is 2. The van der Waals surface area contributed by atoms with E-state index >= 15 is 0 Å². The van der Waals surface area contributed by atoms with Crippen LogP contribution in [0.25, 0.3) is 22.4 Å². The van der Waals surface area contributed by atoms with Gasteiger partial charge in [0.05, 0.1) is 16.6 Å². The van der Waals surface area contributed by atoms with Gasteiger partial charge in [-0.15, -0.1) is 0 Å². The molecular weight excluding hydrogens is 381 g/mol. The smallest absolute Gasteiger partial charge is 0.420 e. The Balaban J connectivity index is 1.76. The van der Waals surface area contributed by atoms with E-state index in [0.717, 1.165) is 17.7 Å². The Morgan fingerprint density at radius 1 is 0.931 bits per heavy atom. The third-order valence-corrected chi connectivity index (χ3v) is 4.40. The SMILES string of the molecule is O=C(OCc1ccccc1)n1c(-c2cccc(C(F)(F)F)c2)nc2ccccc21. The summed E-state index contributed by atoms with van der Waals surface area (Å²) in [7, 11) is 0. The third-order valence-electron chi connectivity index (χ3n) is 4.40. The summed E-state index contributed by atoms with van der Waals surface area (Å²) in [5, 5.41) is 0. The molecule has 0 aliphatic rings. The van der Waals surface area contributed by atoms with Gasteiger partial charge in [0.2, 0.25) is 0 Å². The van der Waals surface area contributed by atoms with E-state index in [-0.39, 0.29) is 18.0 Å². The number of alkyl halides is 3. The summed E-state index contributed by atoms with van der Waals surface area (Å²) < 4.78 is 46.0. The maximum absolute atomic E-state index is 13.1. The first-order valence-corrected chi connectivity index (χ1v) is 8.79. The molecule has 1 heterocycles. The minimum absolute atomic E-state index is 0.0359. The van der Waals surface area contributed by atoms with Gasteiger partial charge in [0, 0.05) is 5.56 Å². The van der Waals surface area contributed by atoms with Gasteiger partial charge in [0.15, 0.2) is 5.82 Å². The first-order chi connectivity index (χ1) is 13.9. The average molecular weight is 396 g/mol. The molecule has 29 heavy (non-hydrogen) atoms. The molecule has 146 valence electrons. The number of carbonyl (C=O) groups is 1. The Morgan fingerprint density at radius 3 is 2.41 bits per heavy atom. The standard InChI is InChI=1S/C22H15F3N2O2/c23-22(24,25)17-10-6-9-16(13-17)20-26-18-11-4-5-12-19(18)27(20)21(28)29-14-15-7-2-1-3-8-15/h1-13H,14H2. The highest BCUT2D eigenvalue weighted by Crippen LogP contribution is 2.33. The molecule has 0 amide bonds. The lowest BCUT2D eigenvalue weighted by atomic mass is 10.1. The highest BCUT2D eigenvalue weighted by molar-refractivity contribution is 5.92. The number of rotatable bonds is 3. The molecule has 0 fully saturated rings. The summed E-state index contributed by atoms with van der Waals surface area (Å²) in [4.78, 5) is 17.2. The van der Waals surface area contributed by atoms with E-state index in [1.807, 2.05) is 30.3 Å². The van der Waals surface area contributed by atoms with Crippen molar-refractivity contribution in [3.63, 3.8) is 0 Å². The molecule has 0 saturated heterocycles. The molecule has 4 nitrogen and oxygen atoms in total. The molecule has 0 N–H and O–H groups in total. The Bertz CT molecular complexity index is 1170. The lowest BCUT2D eigenvalue weighted by Crippen LogP contribution is -2.15. The molecule has 1 aromatic heterocycles. The van der Waals surface area contributed by atoms with Crippen molar-refractivity contribution < 1.29 is 22.7 Å². The van der Waals surface area contributed by atoms with E-state index in [4.69, 9.17) is 4.74 Å². The first kappa shape index (κ1) is 18.7. The second-order valence-corrected chi connectivity index (χ2v) is 6.38. The van der Waals surface area contributed by atoms with Crippen LogP contribution < -0.4 is 0 Å². The zero-order chi connectivity index (χ0) is 20.4. The summed E-state index contributed by atoms with van der Waals surface area (Å²) in [5.74, 6) is 0.0929. The number of hydrogen-bond acceptors (Lipinski definition) is 3. The molecule has 0 bridgehead atoms. The van der Waals surface area contributed by atoms with E-state index in [2.05, 4.69) is 4.98 Å². The van der Waals surface area contributed by atoms with E-state index in [0.29, 0.717) is 11.0 Å². The molecule has 3 aromatic carbocycles. The van der Waals surface area contributed by atoms with E-state index < -0.39 is 17.8 Å². The number of ether oxygens (including phenoxy) is 1. The van der Waals surface area contributed by atoms with E-state index in [1.165, 1.54) is 16.7 Å². The van der Waals surface area contributed by atoms with Crippen molar-refractivity contribution in [2.45, 2.75) is 12.8 Å². The van der Waals surface area contributed by atoms with Crippen molar-refractivity contribution >= 4 is 17.1 Å². The number of halogens is 3. The Morgan fingerprint density at radius 2 is 1.66 bits per heavy atom. The quantitative estimate of drug-likeness (QED) is 0.433. The van der Waals surface area contributed by atoms with Gasteiger partial charge in [-0.25, -0.2) is 14.3 Å². The first-order valence-electron chi connectivity index (χ1n) is 8.79. The van der Waals surface area contributed by atoms with Gasteiger partial charge in [-0.05, 0) is 29.8 Å². The van der Waals surface area contributed by atoms with Gasteiger partial charge in [-0.1, -0.05) is 54.6 Å². The van der Waals surface area contributed by atoms with Gasteiger partial charge in [-0.2, -0.15) is 13.2 Å². The van der Waals surface area contributed by atoms with Crippen LogP contribution in [-0.2, 0) is 17.5 Å². The molecule has 0 saturated carbocycles. The van der Waals surface area contributed by atoms with Gasteiger partial charge in [0.25, 0.3) is 0 Å². The fourth-order valence-corrected chi connectivity index (χ4v) is 3.02. The summed E-state index contributed by atoms with van der Waals surface area (Å²) in [6, 6.07) is 20.7. The van der Waals surface area contributed by atoms with Crippen molar-refractivity contribution in [2.24, 2.45) is 0 Å². The number of aromatic nitrogens is 2. The Labute approximate surface area is 164 Å². The topological polar surface area (TPSA) is 44.1 Å². The Kier molecular flexibility index (Phi) is 4.80. The second kappa shape index (κ2) is 7.43. The van der Waals surface area contributed by atoms with Crippen molar-refractivity contribution in [1.82, 2.24) is 9.55 Å². The van der Waals surface area contributed by atoms with Gasteiger partial charge < -0.3 is 4.74 Å². The zero-order valence-electron chi connectivity index (χ0n) is 15.1. The fourth-order valence-electron chi connectivity index (χ4n) is 3.02. The van der Waals surface area contributed by atoms with Crippen molar-refractivity contribution in [1.29, 1.82) is 0 Å². The highest BCUT2D eigenvalue weighted by atomic mass is 19.4. The fraction of sp³-hybridized carbons (Fsp3) is 0.0909. The lowest BCUT2D eigenvalue weighted by Gasteiger charge is -2.11. The van der Waals surface area contributed by atoms with Crippen molar-refractivity contribution in [3.8, 4) is 11.4 Å². The number of benzene rings is 3. The van der Waals surface area contributed by atoms with E-state index in [1.54, 1.807) is 24.3 Å². The predicted octanol–water partition coefficient (Wildman–Crippen LogP) is 5.91. The minimum atomic E-state index is -4.50. The largest absolute Gasteiger partial charge is 0.444 e. The summed E-state index contributed by atoms with van der Waals surface area (Å²) in [5.41, 5.74) is 1.10. The molecule has 4 aromatic rings. The Hall–Kier alpha value is -3.61. The zero-order valence-corrected chi connectivity index (χ0v) is 15.1. The molecule has 0 atom stereocenters. The normalized spacial score (nSPS) is 11.6. The van der Waals surface area contributed by atoms with Crippen LogP contribution in [0.1, 0.15) is 11.1 Å². The molecule has 0 spiro atoms. The van der Waals surface area contributed by atoms with Crippen LogP contribution in [0.2, 0.25) is 0 Å². The van der Waals surface area contributed by atoms with Crippen molar-refractivity contribution in [3.05, 3.63) is 90.0 Å². The van der Waals surface area contributed by atoms with Crippen molar-refractivity contribution in [2.75, 3.05) is 0 Å². The maximum Gasteiger partial charge on any atom is 0.420 e. The van der Waals surface area contributed by atoms with Gasteiger partial charge in [-0.3, -0.25) is 0 Å². The van der Waals surface area contributed by atoms with Crippen LogP contribution in [-0.4, -0.2) is 15.6 Å². The molecular formula is C22H15F3N2O2. The maximum atomic E-state index is 13.1. The number of hydrogen-bond donors (Lipinski definition) is 0. The second-order valence-electron chi connectivity index (χ2n) is 6.38. The third kappa shape index (κ3) is 3.85. The van der Waals surface area contributed by atoms with Crippen LogP contribution >= 0.6 is 0 Å². The molecule has 7 heteroatoms. The molecule has 0 unspecified atom stereocenters. The average Bonchev–Trinajstić information content (AvgIpc) is 3.12. The summed E-state index contributed by atoms with van der Waals surface area (Å²) in [6.07, 6.45) is -5.21. The van der Waals surface area contributed by atoms with Crippen LogP contribution in [0.4, 0.5) is 18.0 Å².